The number of hydrogen-bond donors (Lipinski definition) is 0. The zero-order valence-electron chi connectivity index (χ0n) is 15.1. The van der Waals surface area contributed by atoms with E-state index in [1.165, 1.54) is 12.1 Å². The van der Waals surface area contributed by atoms with E-state index in [1.807, 2.05) is 12.5 Å². The summed E-state index contributed by atoms with van der Waals surface area (Å²) in [5, 5.41) is 0. The Bertz CT molecular complexity index is 775. The monoisotopic (exact) mass is 454 g/mol. The van der Waals surface area contributed by atoms with Crippen molar-refractivity contribution in [1.29, 1.82) is 0 Å². The number of hydrogen-bond acceptors (Lipinski definition) is 2. The van der Waals surface area contributed by atoms with Gasteiger partial charge in [0.1, 0.15) is 0 Å². The van der Waals surface area contributed by atoms with E-state index in [0.717, 1.165) is 18.9 Å². The van der Waals surface area contributed by atoms with Crippen LogP contribution < -0.4 is 9.47 Å². The minimum absolute atomic E-state index is 0.190. The molecule has 0 saturated heterocycles. The fourth-order valence-corrected chi connectivity index (χ4v) is 3.71. The van der Waals surface area contributed by atoms with Gasteiger partial charge in [0.2, 0.25) is 11.6 Å². The Labute approximate surface area is 163 Å². The molecule has 11 heteroatoms. The number of allylic oxidation sites excluding steroid dienone is 2. The van der Waals surface area contributed by atoms with Crippen molar-refractivity contribution in [3.05, 3.63) is 35.3 Å². The Morgan fingerprint density at radius 1 is 1.00 bits per heavy atom. The van der Waals surface area contributed by atoms with Crippen molar-refractivity contribution in [2.45, 2.75) is 30.6 Å². The lowest BCUT2D eigenvalue weighted by Crippen LogP contribution is -2.49. The molecular formula is C17H18ClF7O2S. The molecule has 1 aromatic carbocycles. The molecule has 0 bridgehead atoms. The highest BCUT2D eigenvalue weighted by atomic mass is 35.7. The summed E-state index contributed by atoms with van der Waals surface area (Å²) in [6, 6.07) is 3.85. The van der Waals surface area contributed by atoms with Crippen molar-refractivity contribution < 1.29 is 40.2 Å². The van der Waals surface area contributed by atoms with Crippen LogP contribution in [0.4, 0.5) is 30.7 Å². The molecule has 0 unspecified atom stereocenters. The maximum absolute atomic E-state index is 13.7. The van der Waals surface area contributed by atoms with Crippen LogP contribution in [0.25, 0.3) is 0 Å². The number of benzene rings is 1. The molecule has 2 nitrogen and oxygen atoms in total. The fraction of sp³-hybridized carbons (Fsp3) is 0.529. The first-order valence-electron chi connectivity index (χ1n) is 7.94. The van der Waals surface area contributed by atoms with Gasteiger partial charge in [-0.25, -0.2) is 4.39 Å². The molecule has 2 rings (SSSR count). The van der Waals surface area contributed by atoms with E-state index in [1.54, 1.807) is 0 Å². The Morgan fingerprint density at radius 2 is 1.61 bits per heavy atom. The van der Waals surface area contributed by atoms with E-state index in [2.05, 4.69) is 4.74 Å². The molecule has 0 atom stereocenters. The van der Waals surface area contributed by atoms with Gasteiger partial charge in [-0.3, -0.25) is 0 Å². The fourth-order valence-electron chi connectivity index (χ4n) is 2.55. The van der Waals surface area contributed by atoms with Crippen LogP contribution in [0.2, 0.25) is 0 Å². The first-order valence-corrected chi connectivity index (χ1v) is 11.4. The summed E-state index contributed by atoms with van der Waals surface area (Å²) in [6.45, 7) is 0. The van der Waals surface area contributed by atoms with Crippen molar-refractivity contribution in [2.24, 2.45) is 0 Å². The Morgan fingerprint density at radius 3 is 2.07 bits per heavy atom. The van der Waals surface area contributed by atoms with Crippen LogP contribution in [-0.2, 0) is 6.42 Å². The molecule has 0 aliphatic heterocycles. The summed E-state index contributed by atoms with van der Waals surface area (Å²) < 4.78 is 104. The van der Waals surface area contributed by atoms with Crippen molar-refractivity contribution >= 4 is 19.9 Å². The van der Waals surface area contributed by atoms with Crippen LogP contribution >= 0.6 is 19.9 Å². The van der Waals surface area contributed by atoms with E-state index in [9.17, 15) is 30.7 Å². The van der Waals surface area contributed by atoms with Gasteiger partial charge in [-0.05, 0) is 48.8 Å². The molecule has 28 heavy (non-hydrogen) atoms. The molecule has 0 aromatic heterocycles. The maximum Gasteiger partial charge on any atom is 0.386 e. The predicted octanol–water partition coefficient (Wildman–Crippen LogP) is 6.33. The smallest absolute Gasteiger partial charge is 0.386 e. The van der Waals surface area contributed by atoms with Gasteiger partial charge < -0.3 is 9.47 Å². The normalized spacial score (nSPS) is 21.0. The summed E-state index contributed by atoms with van der Waals surface area (Å²) in [5.74, 6) is -22.6. The van der Waals surface area contributed by atoms with E-state index >= 15 is 0 Å². The van der Waals surface area contributed by atoms with Gasteiger partial charge >= 0.3 is 17.8 Å². The third-order valence-electron chi connectivity index (χ3n) is 4.08. The van der Waals surface area contributed by atoms with E-state index in [4.69, 9.17) is 15.4 Å². The summed E-state index contributed by atoms with van der Waals surface area (Å²) in [5.41, 5.74) is 0.688. The Hall–Kier alpha value is -1.29. The van der Waals surface area contributed by atoms with Crippen LogP contribution in [0.5, 0.6) is 11.5 Å². The third-order valence-corrected chi connectivity index (χ3v) is 5.81. The quantitative estimate of drug-likeness (QED) is 0.448. The largest absolute Gasteiger partial charge is 0.493 e. The highest BCUT2D eigenvalue weighted by Gasteiger charge is 2.82. The average molecular weight is 455 g/mol. The zero-order valence-corrected chi connectivity index (χ0v) is 16.7. The SMILES string of the molecule is COc1cc(CCCS(C)(C)Cl)ccc1OC1=C(F)C(F)(F)C(F)(F)C1(F)F. The van der Waals surface area contributed by atoms with Gasteiger partial charge in [0.25, 0.3) is 0 Å². The molecule has 0 N–H and O–H groups in total. The number of rotatable bonds is 7. The van der Waals surface area contributed by atoms with Crippen LogP contribution in [0, 0.1) is 0 Å². The van der Waals surface area contributed by atoms with E-state index in [0.29, 0.717) is 18.4 Å². The summed E-state index contributed by atoms with van der Waals surface area (Å²) >= 11 is 0. The molecular weight excluding hydrogens is 437 g/mol. The molecule has 1 aliphatic rings. The second-order valence-corrected chi connectivity index (χ2v) is 12.4. The predicted molar refractivity (Wildman–Crippen MR) is 95.1 cm³/mol. The van der Waals surface area contributed by atoms with Crippen molar-refractivity contribution in [3.8, 4) is 11.5 Å². The minimum Gasteiger partial charge on any atom is -0.493 e. The first kappa shape index (κ1) is 23.0. The van der Waals surface area contributed by atoms with Gasteiger partial charge in [-0.15, -0.1) is 0 Å². The number of aryl methyl sites for hydroxylation is 1. The molecule has 160 valence electrons. The number of ether oxygens (including phenoxy) is 2. The van der Waals surface area contributed by atoms with Crippen LogP contribution in [0.3, 0.4) is 0 Å². The maximum atomic E-state index is 13.7. The summed E-state index contributed by atoms with van der Waals surface area (Å²) in [6.07, 6.45) is 5.10. The van der Waals surface area contributed by atoms with Gasteiger partial charge in [0.15, 0.2) is 11.5 Å². The number of alkyl halides is 6. The van der Waals surface area contributed by atoms with Crippen molar-refractivity contribution in [2.75, 3.05) is 25.4 Å². The first-order chi connectivity index (χ1) is 12.6. The Kier molecular flexibility index (Phi) is 6.17. The van der Waals surface area contributed by atoms with Crippen molar-refractivity contribution in [1.82, 2.24) is 0 Å². The van der Waals surface area contributed by atoms with Crippen LogP contribution in [-0.4, -0.2) is 43.1 Å². The van der Waals surface area contributed by atoms with Gasteiger partial charge in [0, 0.05) is 0 Å². The molecule has 0 saturated carbocycles. The highest BCUT2D eigenvalue weighted by molar-refractivity contribution is 8.50. The molecule has 0 fully saturated rings. The second-order valence-electron chi connectivity index (χ2n) is 6.66. The molecule has 1 aliphatic carbocycles. The summed E-state index contributed by atoms with van der Waals surface area (Å²) in [4.78, 5) is 0. The van der Waals surface area contributed by atoms with Crippen LogP contribution in [0.1, 0.15) is 12.0 Å². The number of halogens is 8. The molecule has 1 aromatic rings. The lowest BCUT2D eigenvalue weighted by molar-refractivity contribution is -0.272. The Balaban J connectivity index is 2.28. The average Bonchev–Trinajstić information content (AvgIpc) is 2.65. The van der Waals surface area contributed by atoms with E-state index < -0.39 is 44.3 Å². The molecule has 0 amide bonds. The summed E-state index contributed by atoms with van der Waals surface area (Å²) in [7, 11) is 6.07. The topological polar surface area (TPSA) is 18.5 Å². The lowest BCUT2D eigenvalue weighted by atomic mass is 10.1. The highest BCUT2D eigenvalue weighted by Crippen LogP contribution is 2.60. The van der Waals surface area contributed by atoms with E-state index in [-0.39, 0.29) is 5.75 Å². The standard InChI is InChI=1S/C17H18ClF7O2S/c1-26-12-9-10(5-4-8-28(2,3)18)6-7-11(12)27-14-13(19)15(20,21)17(24,25)16(14,22)23/h6-7,9H,4-5,8H2,1-3H3. The third kappa shape index (κ3) is 4.03. The van der Waals surface area contributed by atoms with Gasteiger partial charge in [-0.2, -0.15) is 35.6 Å². The zero-order chi connectivity index (χ0) is 21.5. The molecule has 0 heterocycles. The second kappa shape index (κ2) is 7.51. The lowest BCUT2D eigenvalue weighted by Gasteiger charge is -2.24. The van der Waals surface area contributed by atoms with Crippen LogP contribution in [0.15, 0.2) is 29.8 Å². The number of methoxy groups -OCH3 is 1. The molecule has 0 radical (unpaired) electrons. The minimum atomic E-state index is -5.96. The van der Waals surface area contributed by atoms with Crippen molar-refractivity contribution in [3.63, 3.8) is 0 Å². The van der Waals surface area contributed by atoms with Gasteiger partial charge in [-0.1, -0.05) is 16.7 Å². The molecule has 0 spiro atoms. The van der Waals surface area contributed by atoms with Gasteiger partial charge in [0.05, 0.1) is 7.11 Å².